The van der Waals surface area contributed by atoms with Gasteiger partial charge in [0.1, 0.15) is 17.3 Å². The first-order chi connectivity index (χ1) is 16.4. The molecule has 2 atom stereocenters. The number of aliphatic hydroxyl groups excluding tert-OH is 1. The van der Waals surface area contributed by atoms with Crippen LogP contribution in [0.5, 0.6) is 11.5 Å². The molecule has 35 heavy (non-hydrogen) atoms. The molecule has 0 saturated carbocycles. The predicted octanol–water partition coefficient (Wildman–Crippen LogP) is 6.80. The van der Waals surface area contributed by atoms with Gasteiger partial charge in [0.25, 0.3) is 0 Å². The van der Waals surface area contributed by atoms with Gasteiger partial charge < -0.3 is 15.2 Å². The Morgan fingerprint density at radius 2 is 1.54 bits per heavy atom. The van der Waals surface area contributed by atoms with Crippen LogP contribution in [0.15, 0.2) is 66.7 Å². The van der Waals surface area contributed by atoms with E-state index in [1.807, 2.05) is 13.0 Å². The van der Waals surface area contributed by atoms with Crippen molar-refractivity contribution in [2.75, 3.05) is 6.54 Å². The molecule has 0 heterocycles. The molecular formula is C25H22F7NO2. The zero-order valence-corrected chi connectivity index (χ0v) is 18.4. The predicted molar refractivity (Wildman–Crippen MR) is 116 cm³/mol. The molecule has 3 rings (SSSR count). The van der Waals surface area contributed by atoms with Crippen LogP contribution < -0.4 is 10.1 Å². The van der Waals surface area contributed by atoms with Crippen LogP contribution in [0.3, 0.4) is 0 Å². The Bertz CT molecular complexity index is 1150. The summed E-state index contributed by atoms with van der Waals surface area (Å²) in [5.41, 5.74) is -0.327. The normalized spacial score (nSPS) is 14.0. The zero-order chi connectivity index (χ0) is 25.8. The molecule has 0 saturated heterocycles. The Morgan fingerprint density at radius 1 is 0.886 bits per heavy atom. The second-order valence-corrected chi connectivity index (χ2v) is 7.81. The molecular weight excluding hydrogens is 479 g/mol. The SMILES string of the molecule is CCc1cccc(Oc2cccc(C(NC[C@@H](O)C(F)(F)F)c3ccc(C(F)(F)F)cc3F)c2)c1. The molecule has 0 amide bonds. The number of hydrogen-bond donors (Lipinski definition) is 2. The molecule has 10 heteroatoms. The van der Waals surface area contributed by atoms with Crippen LogP contribution in [-0.4, -0.2) is 23.9 Å². The molecule has 3 aromatic rings. The van der Waals surface area contributed by atoms with Crippen molar-refractivity contribution in [2.45, 2.75) is 37.8 Å². The van der Waals surface area contributed by atoms with E-state index in [2.05, 4.69) is 5.32 Å². The second kappa shape index (κ2) is 10.7. The maximum atomic E-state index is 14.7. The van der Waals surface area contributed by atoms with Gasteiger partial charge in [-0.1, -0.05) is 37.3 Å². The van der Waals surface area contributed by atoms with E-state index in [1.165, 1.54) is 18.2 Å². The van der Waals surface area contributed by atoms with Crippen LogP contribution in [0, 0.1) is 5.82 Å². The minimum absolute atomic E-state index is 0.224. The van der Waals surface area contributed by atoms with Gasteiger partial charge >= 0.3 is 12.4 Å². The quantitative estimate of drug-likeness (QED) is 0.334. The third kappa shape index (κ3) is 6.95. The molecule has 0 aliphatic rings. The van der Waals surface area contributed by atoms with E-state index in [1.54, 1.807) is 24.3 Å². The summed E-state index contributed by atoms with van der Waals surface area (Å²) in [5.74, 6) is -0.480. The number of hydrogen-bond acceptors (Lipinski definition) is 3. The molecule has 0 aliphatic carbocycles. The summed E-state index contributed by atoms with van der Waals surface area (Å²) in [6.45, 7) is 0.947. The standard InChI is InChI=1S/C25H22F7NO2/c1-2-15-5-3-7-18(11-15)35-19-8-4-6-16(12-19)23(33-14-22(34)25(30,31)32)20-10-9-17(13-21(20)26)24(27,28)29/h3-13,22-23,33-34H,2,14H2,1H3/t22-,23?/m1/s1. The van der Waals surface area contributed by atoms with E-state index < -0.39 is 42.4 Å². The highest BCUT2D eigenvalue weighted by Gasteiger charge is 2.38. The third-order valence-corrected chi connectivity index (χ3v) is 5.27. The first kappa shape index (κ1) is 26.5. The molecule has 0 bridgehead atoms. The van der Waals surface area contributed by atoms with E-state index in [0.29, 0.717) is 11.8 Å². The zero-order valence-electron chi connectivity index (χ0n) is 18.4. The summed E-state index contributed by atoms with van der Waals surface area (Å²) in [6.07, 6.45) is -11.7. The van der Waals surface area contributed by atoms with E-state index in [0.717, 1.165) is 18.1 Å². The first-order valence-electron chi connectivity index (χ1n) is 10.6. The number of benzene rings is 3. The van der Waals surface area contributed by atoms with E-state index in [4.69, 9.17) is 4.74 Å². The van der Waals surface area contributed by atoms with Crippen molar-refractivity contribution in [3.8, 4) is 11.5 Å². The molecule has 0 fully saturated rings. The van der Waals surface area contributed by atoms with Crippen molar-refractivity contribution >= 4 is 0 Å². The summed E-state index contributed by atoms with van der Waals surface area (Å²) in [4.78, 5) is 0. The second-order valence-electron chi connectivity index (χ2n) is 7.81. The highest BCUT2D eigenvalue weighted by molar-refractivity contribution is 5.41. The lowest BCUT2D eigenvalue weighted by Crippen LogP contribution is -2.40. The molecule has 1 unspecified atom stereocenters. The fourth-order valence-corrected chi connectivity index (χ4v) is 3.41. The van der Waals surface area contributed by atoms with Gasteiger partial charge in [0.05, 0.1) is 11.6 Å². The number of rotatable bonds is 8. The minimum atomic E-state index is -4.94. The van der Waals surface area contributed by atoms with Crippen LogP contribution >= 0.6 is 0 Å². The molecule has 188 valence electrons. The number of aryl methyl sites for hydroxylation is 1. The lowest BCUT2D eigenvalue weighted by atomic mass is 9.96. The Morgan fingerprint density at radius 3 is 2.14 bits per heavy atom. The van der Waals surface area contributed by atoms with Gasteiger partial charge in [-0.3, -0.25) is 0 Å². The van der Waals surface area contributed by atoms with E-state index in [-0.39, 0.29) is 22.9 Å². The molecule has 3 nitrogen and oxygen atoms in total. The van der Waals surface area contributed by atoms with Crippen molar-refractivity contribution in [3.05, 3.63) is 94.8 Å². The summed E-state index contributed by atoms with van der Waals surface area (Å²) in [5, 5.41) is 11.8. The van der Waals surface area contributed by atoms with Gasteiger partial charge in [-0.2, -0.15) is 26.3 Å². The molecule has 3 aromatic carbocycles. The summed E-state index contributed by atoms with van der Waals surface area (Å²) >= 11 is 0. The molecule has 0 aromatic heterocycles. The summed E-state index contributed by atoms with van der Waals surface area (Å²) in [7, 11) is 0. The van der Waals surface area contributed by atoms with Crippen molar-refractivity contribution in [3.63, 3.8) is 0 Å². The number of aliphatic hydroxyl groups is 1. The average molecular weight is 501 g/mol. The Kier molecular flexibility index (Phi) is 8.07. The minimum Gasteiger partial charge on any atom is -0.457 e. The van der Waals surface area contributed by atoms with E-state index >= 15 is 0 Å². The third-order valence-electron chi connectivity index (χ3n) is 5.27. The monoisotopic (exact) mass is 501 g/mol. The van der Waals surface area contributed by atoms with Crippen molar-refractivity contribution in [2.24, 2.45) is 0 Å². The van der Waals surface area contributed by atoms with Gasteiger partial charge in [0.15, 0.2) is 6.10 Å². The number of halogens is 7. The van der Waals surface area contributed by atoms with Gasteiger partial charge in [0, 0.05) is 12.1 Å². The lowest BCUT2D eigenvalue weighted by Gasteiger charge is -2.24. The molecule has 0 radical (unpaired) electrons. The van der Waals surface area contributed by atoms with Gasteiger partial charge in [-0.15, -0.1) is 0 Å². The number of nitrogens with one attached hydrogen (secondary N) is 1. The average Bonchev–Trinajstić information content (AvgIpc) is 2.79. The van der Waals surface area contributed by atoms with Crippen LogP contribution in [0.4, 0.5) is 30.7 Å². The van der Waals surface area contributed by atoms with Crippen molar-refractivity contribution in [1.82, 2.24) is 5.32 Å². The Labute approximate surface area is 197 Å². The van der Waals surface area contributed by atoms with Crippen molar-refractivity contribution < 1.29 is 40.6 Å². The van der Waals surface area contributed by atoms with Crippen molar-refractivity contribution in [1.29, 1.82) is 0 Å². The summed E-state index contributed by atoms with van der Waals surface area (Å²) < 4.78 is 97.9. The fraction of sp³-hybridized carbons (Fsp3) is 0.280. The largest absolute Gasteiger partial charge is 0.457 e. The molecule has 2 N–H and O–H groups in total. The Hall–Kier alpha value is -3.11. The maximum absolute atomic E-state index is 14.7. The van der Waals surface area contributed by atoms with Gasteiger partial charge in [-0.25, -0.2) is 4.39 Å². The summed E-state index contributed by atoms with van der Waals surface area (Å²) in [6, 6.07) is 13.7. The number of ether oxygens (including phenoxy) is 1. The van der Waals surface area contributed by atoms with Crippen LogP contribution in [0.2, 0.25) is 0 Å². The topological polar surface area (TPSA) is 41.5 Å². The highest BCUT2D eigenvalue weighted by Crippen LogP contribution is 2.34. The van der Waals surface area contributed by atoms with Crippen LogP contribution in [-0.2, 0) is 12.6 Å². The van der Waals surface area contributed by atoms with Crippen LogP contribution in [0.1, 0.15) is 35.2 Å². The van der Waals surface area contributed by atoms with Crippen LogP contribution in [0.25, 0.3) is 0 Å². The molecule has 0 spiro atoms. The lowest BCUT2D eigenvalue weighted by molar-refractivity contribution is -0.202. The van der Waals surface area contributed by atoms with E-state index in [9.17, 15) is 35.8 Å². The smallest absolute Gasteiger partial charge is 0.416 e. The first-order valence-corrected chi connectivity index (χ1v) is 10.6. The fourth-order valence-electron chi connectivity index (χ4n) is 3.41. The Balaban J connectivity index is 1.97. The highest BCUT2D eigenvalue weighted by atomic mass is 19.4. The molecule has 0 aliphatic heterocycles. The van der Waals surface area contributed by atoms with Gasteiger partial charge in [-0.05, 0) is 53.9 Å². The maximum Gasteiger partial charge on any atom is 0.416 e. The van der Waals surface area contributed by atoms with Gasteiger partial charge in [0.2, 0.25) is 0 Å². The number of alkyl halides is 6.